The molecule has 9 nitrogen and oxygen atoms in total. The number of carbonyl (C=O) groups excluding carboxylic acids is 1. The Hall–Kier alpha value is -3.33. The molecular formula is C28H40N6O3. The minimum absolute atomic E-state index is 0.0246. The molecule has 1 aliphatic carbocycles. The highest BCUT2D eigenvalue weighted by Crippen LogP contribution is 2.41. The van der Waals surface area contributed by atoms with E-state index < -0.39 is 5.91 Å². The summed E-state index contributed by atoms with van der Waals surface area (Å²) >= 11 is 0. The van der Waals surface area contributed by atoms with Crippen LogP contribution in [0.5, 0.6) is 0 Å². The third kappa shape index (κ3) is 5.82. The molecule has 1 amide bonds. The molecule has 37 heavy (non-hydrogen) atoms. The molecular weight excluding hydrogens is 468 g/mol. The van der Waals surface area contributed by atoms with Crippen LogP contribution in [-0.2, 0) is 23.3 Å². The van der Waals surface area contributed by atoms with Crippen molar-refractivity contribution in [2.24, 2.45) is 5.73 Å². The number of nitrogen functional groups attached to an aromatic ring is 1. The molecule has 1 fully saturated rings. The van der Waals surface area contributed by atoms with E-state index in [4.69, 9.17) is 20.7 Å². The first-order chi connectivity index (χ1) is 17.4. The summed E-state index contributed by atoms with van der Waals surface area (Å²) < 4.78 is 13.4. The van der Waals surface area contributed by atoms with Gasteiger partial charge in [0.1, 0.15) is 22.8 Å². The molecule has 200 valence electrons. The maximum atomic E-state index is 12.4. The van der Waals surface area contributed by atoms with Crippen LogP contribution in [0.2, 0.25) is 0 Å². The lowest BCUT2D eigenvalue weighted by Gasteiger charge is -2.21. The van der Waals surface area contributed by atoms with Crippen LogP contribution in [0, 0.1) is 0 Å². The molecule has 0 aliphatic heterocycles. The number of nitrogens with two attached hydrogens (primary N) is 2. The molecule has 0 spiro atoms. The van der Waals surface area contributed by atoms with Gasteiger partial charge < -0.3 is 26.0 Å². The molecule has 0 saturated heterocycles. The van der Waals surface area contributed by atoms with Gasteiger partial charge in [-0.05, 0) is 58.6 Å². The summed E-state index contributed by atoms with van der Waals surface area (Å²) in [6.45, 7) is 13.1. The van der Waals surface area contributed by atoms with Crippen molar-refractivity contribution in [2.75, 3.05) is 11.1 Å². The predicted octanol–water partition coefficient (Wildman–Crippen LogP) is 5.56. The number of rotatable bonds is 9. The standard InChI is InChI=1S/C28H40N6O3/c1-17(2)34-25(29)23(26(30)35)24(32-34)20-10-9-18(13-19(20)16-36-27(3,4)5)15-31-22-14-21(37-33-22)28(6)11-7-8-12-28/h9-10,13-14,17H,7-8,11-12,15-16,29H2,1-6H3,(H2,30,35)(H,31,33). The van der Waals surface area contributed by atoms with E-state index in [0.29, 0.717) is 18.8 Å². The SMILES string of the molecule is CC(C)n1nc(-c2ccc(CNc3cc(C4(C)CCCC4)on3)cc2COC(C)(C)C)c(C(N)=O)c1N. The van der Waals surface area contributed by atoms with Gasteiger partial charge in [-0.25, -0.2) is 4.68 Å². The lowest BCUT2D eigenvalue weighted by atomic mass is 9.86. The van der Waals surface area contributed by atoms with Gasteiger partial charge >= 0.3 is 0 Å². The number of hydrogen-bond acceptors (Lipinski definition) is 7. The van der Waals surface area contributed by atoms with Gasteiger partial charge in [-0.15, -0.1) is 0 Å². The van der Waals surface area contributed by atoms with Gasteiger partial charge in [0.25, 0.3) is 5.91 Å². The van der Waals surface area contributed by atoms with Gasteiger partial charge in [-0.2, -0.15) is 5.10 Å². The molecule has 2 aromatic heterocycles. The fourth-order valence-electron chi connectivity index (χ4n) is 4.91. The summed E-state index contributed by atoms with van der Waals surface area (Å²) in [5, 5.41) is 12.3. The monoisotopic (exact) mass is 508 g/mol. The number of hydrogen-bond donors (Lipinski definition) is 3. The molecule has 0 bridgehead atoms. The van der Waals surface area contributed by atoms with Crippen molar-refractivity contribution in [3.8, 4) is 11.3 Å². The number of nitrogens with zero attached hydrogens (tertiary/aromatic N) is 3. The predicted molar refractivity (Wildman–Crippen MR) is 145 cm³/mol. The number of aromatic nitrogens is 3. The zero-order valence-electron chi connectivity index (χ0n) is 22.9. The van der Waals surface area contributed by atoms with E-state index in [1.54, 1.807) is 4.68 Å². The van der Waals surface area contributed by atoms with E-state index in [1.807, 2.05) is 52.8 Å². The number of primary amides is 1. The third-order valence-corrected chi connectivity index (χ3v) is 7.05. The second kappa shape index (κ2) is 10.2. The first kappa shape index (κ1) is 26.7. The lowest BCUT2D eigenvalue weighted by molar-refractivity contribution is -0.0147. The molecule has 5 N–H and O–H groups in total. The van der Waals surface area contributed by atoms with E-state index in [9.17, 15) is 4.79 Å². The maximum absolute atomic E-state index is 12.4. The Morgan fingerprint density at radius 3 is 2.57 bits per heavy atom. The molecule has 1 aromatic carbocycles. The van der Waals surface area contributed by atoms with Crippen molar-refractivity contribution < 1.29 is 14.1 Å². The van der Waals surface area contributed by atoms with Crippen LogP contribution in [0.4, 0.5) is 11.6 Å². The summed E-state index contributed by atoms with van der Waals surface area (Å²) in [6, 6.07) is 8.00. The van der Waals surface area contributed by atoms with Crippen LogP contribution in [0.15, 0.2) is 28.8 Å². The van der Waals surface area contributed by atoms with Crippen molar-refractivity contribution in [2.45, 2.75) is 97.4 Å². The summed E-state index contributed by atoms with van der Waals surface area (Å²) in [4.78, 5) is 12.4. The van der Waals surface area contributed by atoms with Crippen molar-refractivity contribution >= 4 is 17.5 Å². The highest BCUT2D eigenvalue weighted by molar-refractivity contribution is 6.03. The Morgan fingerprint density at radius 1 is 1.24 bits per heavy atom. The van der Waals surface area contributed by atoms with Crippen molar-refractivity contribution in [3.05, 3.63) is 46.7 Å². The Morgan fingerprint density at radius 2 is 1.95 bits per heavy atom. The van der Waals surface area contributed by atoms with Crippen molar-refractivity contribution in [3.63, 3.8) is 0 Å². The molecule has 0 unspecified atom stereocenters. The summed E-state index contributed by atoms with van der Waals surface area (Å²) in [6.07, 6.45) is 4.71. The molecule has 4 rings (SSSR count). The second-order valence-corrected chi connectivity index (χ2v) is 11.6. The third-order valence-electron chi connectivity index (χ3n) is 7.05. The van der Waals surface area contributed by atoms with Crippen LogP contribution >= 0.6 is 0 Å². The first-order valence-electron chi connectivity index (χ1n) is 13.0. The molecule has 3 aromatic rings. The summed E-state index contributed by atoms with van der Waals surface area (Å²) in [5.41, 5.74) is 15.1. The van der Waals surface area contributed by atoms with Crippen LogP contribution in [0.1, 0.15) is 101 Å². The number of benzene rings is 1. The smallest absolute Gasteiger partial charge is 0.254 e. The minimum Gasteiger partial charge on any atom is -0.383 e. The molecule has 0 atom stereocenters. The first-order valence-corrected chi connectivity index (χ1v) is 13.0. The van der Waals surface area contributed by atoms with Gasteiger partial charge in [0.05, 0.1) is 12.2 Å². The van der Waals surface area contributed by atoms with E-state index in [-0.39, 0.29) is 28.4 Å². The van der Waals surface area contributed by atoms with Gasteiger partial charge in [0.2, 0.25) is 0 Å². The maximum Gasteiger partial charge on any atom is 0.254 e. The number of amides is 1. The van der Waals surface area contributed by atoms with E-state index in [2.05, 4.69) is 28.6 Å². The molecule has 1 aliphatic rings. The molecule has 2 heterocycles. The summed E-state index contributed by atoms with van der Waals surface area (Å²) in [7, 11) is 0. The number of carbonyl (C=O) groups is 1. The van der Waals surface area contributed by atoms with E-state index in [0.717, 1.165) is 41.1 Å². The Balaban J connectivity index is 1.63. The van der Waals surface area contributed by atoms with Gasteiger partial charge in [-0.1, -0.05) is 43.1 Å². The Labute approximate surface area is 218 Å². The van der Waals surface area contributed by atoms with Crippen molar-refractivity contribution in [1.82, 2.24) is 14.9 Å². The van der Waals surface area contributed by atoms with Gasteiger partial charge in [-0.3, -0.25) is 4.79 Å². The van der Waals surface area contributed by atoms with Crippen LogP contribution in [-0.4, -0.2) is 26.4 Å². The highest BCUT2D eigenvalue weighted by atomic mass is 16.5. The van der Waals surface area contributed by atoms with E-state index in [1.165, 1.54) is 12.8 Å². The molecule has 9 heteroatoms. The zero-order valence-corrected chi connectivity index (χ0v) is 22.9. The quantitative estimate of drug-likeness (QED) is 0.344. The van der Waals surface area contributed by atoms with Crippen LogP contribution < -0.4 is 16.8 Å². The average molecular weight is 509 g/mol. The number of anilines is 2. The van der Waals surface area contributed by atoms with Gasteiger partial charge in [0, 0.05) is 29.6 Å². The second-order valence-electron chi connectivity index (χ2n) is 11.6. The molecule has 0 radical (unpaired) electrons. The minimum atomic E-state index is -0.606. The zero-order chi connectivity index (χ0) is 27.0. The fourth-order valence-corrected chi connectivity index (χ4v) is 4.91. The molecule has 1 saturated carbocycles. The van der Waals surface area contributed by atoms with Crippen LogP contribution in [0.25, 0.3) is 11.3 Å². The van der Waals surface area contributed by atoms with Crippen molar-refractivity contribution in [1.29, 1.82) is 0 Å². The van der Waals surface area contributed by atoms with E-state index >= 15 is 0 Å². The largest absolute Gasteiger partial charge is 0.383 e. The summed E-state index contributed by atoms with van der Waals surface area (Å²) in [5.74, 6) is 1.33. The number of ether oxygens (including phenoxy) is 1. The number of nitrogens with one attached hydrogen (secondary N) is 1. The normalized spacial score (nSPS) is 15.4. The topological polar surface area (TPSA) is 134 Å². The Bertz CT molecular complexity index is 1260. The van der Waals surface area contributed by atoms with Gasteiger partial charge in [0.15, 0.2) is 5.82 Å². The lowest BCUT2D eigenvalue weighted by Crippen LogP contribution is -2.19. The Kier molecular flexibility index (Phi) is 7.37. The fraction of sp³-hybridized carbons (Fsp3) is 0.536. The highest BCUT2D eigenvalue weighted by Gasteiger charge is 2.34. The van der Waals surface area contributed by atoms with Crippen LogP contribution in [0.3, 0.4) is 0 Å². The average Bonchev–Trinajstić information content (AvgIpc) is 3.55.